The van der Waals surface area contributed by atoms with E-state index in [4.69, 9.17) is 5.11 Å². The fourth-order valence-corrected chi connectivity index (χ4v) is 1.70. The molecule has 0 aliphatic rings. The van der Waals surface area contributed by atoms with Gasteiger partial charge in [0.25, 0.3) is 0 Å². The molecule has 4 nitrogen and oxygen atoms in total. The number of H-pyrrole nitrogens is 1. The fourth-order valence-electron chi connectivity index (χ4n) is 1.70. The van der Waals surface area contributed by atoms with Crippen LogP contribution in [0.1, 0.15) is 11.4 Å². The van der Waals surface area contributed by atoms with Crippen LogP contribution in [0.4, 0.5) is 5.69 Å². The number of rotatable bonds is 3. The largest absolute Gasteiger partial charge is 0.390 e. The minimum absolute atomic E-state index is 0.0296. The lowest BCUT2D eigenvalue weighted by molar-refractivity contribution is 0.276. The second-order valence-electron chi connectivity index (χ2n) is 4.26. The van der Waals surface area contributed by atoms with Crippen molar-refractivity contribution in [2.24, 2.45) is 0 Å². The minimum Gasteiger partial charge on any atom is -0.390 e. The first-order valence-electron chi connectivity index (χ1n) is 5.56. The molecule has 0 amide bonds. The summed E-state index contributed by atoms with van der Waals surface area (Å²) in [6.45, 7) is 1.88. The molecule has 17 heavy (non-hydrogen) atoms. The number of hydrogen-bond acceptors (Lipinski definition) is 3. The summed E-state index contributed by atoms with van der Waals surface area (Å²) in [5.41, 5.74) is 3.80. The van der Waals surface area contributed by atoms with Crippen molar-refractivity contribution in [2.45, 2.75) is 13.5 Å². The van der Waals surface area contributed by atoms with Crippen molar-refractivity contribution in [2.75, 3.05) is 19.0 Å². The Labute approximate surface area is 101 Å². The van der Waals surface area contributed by atoms with Crippen molar-refractivity contribution in [1.82, 2.24) is 9.97 Å². The van der Waals surface area contributed by atoms with Crippen LogP contribution in [0, 0.1) is 6.92 Å². The Hall–Kier alpha value is -1.81. The van der Waals surface area contributed by atoms with E-state index >= 15 is 0 Å². The van der Waals surface area contributed by atoms with E-state index in [9.17, 15) is 0 Å². The molecule has 0 aliphatic carbocycles. The minimum atomic E-state index is -0.0296. The number of anilines is 1. The maximum Gasteiger partial charge on any atom is 0.137 e. The van der Waals surface area contributed by atoms with Crippen LogP contribution in [0.3, 0.4) is 0 Å². The number of aliphatic hydroxyl groups is 1. The van der Waals surface area contributed by atoms with E-state index in [1.807, 2.05) is 45.3 Å². The number of hydrogen-bond donors (Lipinski definition) is 2. The molecule has 0 saturated carbocycles. The monoisotopic (exact) mass is 231 g/mol. The molecule has 0 bridgehead atoms. The van der Waals surface area contributed by atoms with Gasteiger partial charge in [-0.1, -0.05) is 0 Å². The molecule has 90 valence electrons. The molecule has 0 fully saturated rings. The summed E-state index contributed by atoms with van der Waals surface area (Å²) < 4.78 is 0. The van der Waals surface area contributed by atoms with Crippen molar-refractivity contribution in [3.05, 3.63) is 35.7 Å². The number of aryl methyl sites for hydroxylation is 1. The summed E-state index contributed by atoms with van der Waals surface area (Å²) in [4.78, 5) is 9.58. The second-order valence-corrected chi connectivity index (χ2v) is 4.26. The molecule has 0 atom stereocenters. The Bertz CT molecular complexity index is 500. The summed E-state index contributed by atoms with van der Waals surface area (Å²) >= 11 is 0. The van der Waals surface area contributed by atoms with Gasteiger partial charge in [-0.2, -0.15) is 0 Å². The second kappa shape index (κ2) is 4.59. The van der Waals surface area contributed by atoms with Crippen molar-refractivity contribution in [1.29, 1.82) is 0 Å². The maximum atomic E-state index is 9.11. The molecule has 1 aromatic heterocycles. The zero-order valence-electron chi connectivity index (χ0n) is 10.4. The first-order chi connectivity index (χ1) is 8.11. The lowest BCUT2D eigenvalue weighted by atomic mass is 10.2. The fraction of sp³-hybridized carbons (Fsp3) is 0.308. The molecule has 4 heteroatoms. The van der Waals surface area contributed by atoms with Crippen LogP contribution in [0.15, 0.2) is 24.3 Å². The number of aliphatic hydroxyl groups excluding tert-OH is 1. The highest BCUT2D eigenvalue weighted by Crippen LogP contribution is 2.21. The van der Waals surface area contributed by atoms with E-state index < -0.39 is 0 Å². The summed E-state index contributed by atoms with van der Waals surface area (Å²) in [6.07, 6.45) is 0. The molecule has 0 saturated heterocycles. The number of imidazole rings is 1. The van der Waals surface area contributed by atoms with Crippen molar-refractivity contribution < 1.29 is 5.11 Å². The Balaban J connectivity index is 2.33. The van der Waals surface area contributed by atoms with Crippen LogP contribution in [-0.2, 0) is 6.61 Å². The average molecular weight is 231 g/mol. The number of benzene rings is 1. The third-order valence-corrected chi connectivity index (χ3v) is 2.79. The van der Waals surface area contributed by atoms with E-state index in [-0.39, 0.29) is 6.61 Å². The summed E-state index contributed by atoms with van der Waals surface area (Å²) in [5.74, 6) is 0.803. The van der Waals surface area contributed by atoms with Crippen LogP contribution in [-0.4, -0.2) is 29.2 Å². The molecule has 1 aromatic carbocycles. The lowest BCUT2D eigenvalue weighted by Gasteiger charge is -2.12. The quantitative estimate of drug-likeness (QED) is 0.848. The predicted octanol–water partition coefficient (Wildman–Crippen LogP) is 1.94. The van der Waals surface area contributed by atoms with Gasteiger partial charge in [-0.05, 0) is 31.2 Å². The zero-order valence-corrected chi connectivity index (χ0v) is 10.4. The van der Waals surface area contributed by atoms with Gasteiger partial charge < -0.3 is 15.0 Å². The molecular weight excluding hydrogens is 214 g/mol. The van der Waals surface area contributed by atoms with Crippen molar-refractivity contribution in [3.63, 3.8) is 0 Å². The van der Waals surface area contributed by atoms with Crippen LogP contribution < -0.4 is 4.90 Å². The van der Waals surface area contributed by atoms with Gasteiger partial charge in [0.05, 0.1) is 12.3 Å². The summed E-state index contributed by atoms with van der Waals surface area (Å²) in [7, 11) is 4.02. The molecule has 1 heterocycles. The lowest BCUT2D eigenvalue weighted by Crippen LogP contribution is -2.07. The van der Waals surface area contributed by atoms with Crippen LogP contribution in [0.2, 0.25) is 0 Å². The standard InChI is InChI=1S/C13H17N3O/c1-9-12(8-17)15-13(14-9)10-4-6-11(7-5-10)16(2)3/h4-7,17H,8H2,1-3H3,(H,14,15). The Morgan fingerprint density at radius 1 is 1.24 bits per heavy atom. The van der Waals surface area contributed by atoms with Crippen LogP contribution >= 0.6 is 0 Å². The summed E-state index contributed by atoms with van der Waals surface area (Å²) in [5, 5.41) is 9.11. The zero-order chi connectivity index (χ0) is 12.4. The average Bonchev–Trinajstić information content (AvgIpc) is 2.70. The SMILES string of the molecule is Cc1[nH]c(-c2ccc(N(C)C)cc2)nc1CO. The third kappa shape index (κ3) is 2.31. The Morgan fingerprint density at radius 2 is 1.88 bits per heavy atom. The predicted molar refractivity (Wildman–Crippen MR) is 69.0 cm³/mol. The molecule has 0 spiro atoms. The third-order valence-electron chi connectivity index (χ3n) is 2.79. The topological polar surface area (TPSA) is 52.2 Å². The number of aromatic amines is 1. The smallest absolute Gasteiger partial charge is 0.137 e. The molecule has 0 unspecified atom stereocenters. The number of nitrogens with zero attached hydrogens (tertiary/aromatic N) is 2. The van der Waals surface area contributed by atoms with Crippen molar-refractivity contribution >= 4 is 5.69 Å². The van der Waals surface area contributed by atoms with Gasteiger partial charge >= 0.3 is 0 Å². The van der Waals surface area contributed by atoms with Gasteiger partial charge in [-0.15, -0.1) is 0 Å². The molecule has 0 aliphatic heterocycles. The van der Waals surface area contributed by atoms with Gasteiger partial charge in [-0.25, -0.2) is 4.98 Å². The highest BCUT2D eigenvalue weighted by molar-refractivity contribution is 5.60. The molecule has 2 aromatic rings. The molecule has 2 rings (SSSR count). The Morgan fingerprint density at radius 3 is 2.35 bits per heavy atom. The molecule has 0 radical (unpaired) electrons. The number of aromatic nitrogens is 2. The van der Waals surface area contributed by atoms with E-state index in [1.165, 1.54) is 0 Å². The highest BCUT2D eigenvalue weighted by Gasteiger charge is 2.07. The van der Waals surface area contributed by atoms with E-state index in [0.29, 0.717) is 5.69 Å². The van der Waals surface area contributed by atoms with Crippen molar-refractivity contribution in [3.8, 4) is 11.4 Å². The van der Waals surface area contributed by atoms with Crippen LogP contribution in [0.5, 0.6) is 0 Å². The van der Waals surface area contributed by atoms with Crippen LogP contribution in [0.25, 0.3) is 11.4 Å². The van der Waals surface area contributed by atoms with E-state index in [2.05, 4.69) is 14.9 Å². The first-order valence-corrected chi connectivity index (χ1v) is 5.56. The number of nitrogens with one attached hydrogen (secondary N) is 1. The molecular formula is C13H17N3O. The van der Waals surface area contributed by atoms with Gasteiger partial charge in [-0.3, -0.25) is 0 Å². The summed E-state index contributed by atoms with van der Waals surface area (Å²) in [6, 6.07) is 8.14. The highest BCUT2D eigenvalue weighted by atomic mass is 16.3. The maximum absolute atomic E-state index is 9.11. The first kappa shape index (κ1) is 11.7. The molecule has 2 N–H and O–H groups in total. The normalized spacial score (nSPS) is 10.6. The van der Waals surface area contributed by atoms with E-state index in [1.54, 1.807) is 0 Å². The van der Waals surface area contributed by atoms with Gasteiger partial charge in [0, 0.05) is 31.0 Å². The van der Waals surface area contributed by atoms with Gasteiger partial charge in [0.2, 0.25) is 0 Å². The van der Waals surface area contributed by atoms with E-state index in [0.717, 1.165) is 22.8 Å². The Kier molecular flexibility index (Phi) is 3.15. The van der Waals surface area contributed by atoms with Gasteiger partial charge in [0.1, 0.15) is 5.82 Å². The van der Waals surface area contributed by atoms with Gasteiger partial charge in [0.15, 0.2) is 0 Å².